The summed E-state index contributed by atoms with van der Waals surface area (Å²) in [5.74, 6) is 0.0923. The molecule has 0 spiro atoms. The van der Waals surface area contributed by atoms with Crippen LogP contribution in [0.25, 0.3) is 0 Å². The molecule has 1 heterocycles. The standard InChI is InChI=1S/C19H14BrN3O3/c20-14-5-2-6-16(10-14)26-17-8-7-15(11-22-17)23-19(25)13-4-1-3-12(9-13)18(21)24/h1-11H,(H2,21,24)(H,23,25). The Morgan fingerprint density at radius 1 is 1.00 bits per heavy atom. The lowest BCUT2D eigenvalue weighted by Crippen LogP contribution is -2.15. The van der Waals surface area contributed by atoms with Crippen LogP contribution in [0.3, 0.4) is 0 Å². The number of anilines is 1. The first-order valence-corrected chi connectivity index (χ1v) is 8.41. The summed E-state index contributed by atoms with van der Waals surface area (Å²) in [5, 5.41) is 2.71. The van der Waals surface area contributed by atoms with Crippen molar-refractivity contribution in [2.45, 2.75) is 0 Å². The highest BCUT2D eigenvalue weighted by atomic mass is 79.9. The van der Waals surface area contributed by atoms with Crippen molar-refractivity contribution in [1.82, 2.24) is 4.98 Å². The molecule has 130 valence electrons. The van der Waals surface area contributed by atoms with Crippen LogP contribution in [-0.4, -0.2) is 16.8 Å². The van der Waals surface area contributed by atoms with Crippen LogP contribution in [0.1, 0.15) is 20.7 Å². The number of rotatable bonds is 5. The van der Waals surface area contributed by atoms with E-state index < -0.39 is 5.91 Å². The zero-order valence-electron chi connectivity index (χ0n) is 13.5. The van der Waals surface area contributed by atoms with E-state index in [1.54, 1.807) is 30.3 Å². The van der Waals surface area contributed by atoms with E-state index in [1.165, 1.54) is 12.3 Å². The van der Waals surface area contributed by atoms with Gasteiger partial charge < -0.3 is 15.8 Å². The molecule has 0 saturated carbocycles. The average molecular weight is 412 g/mol. The van der Waals surface area contributed by atoms with Crippen LogP contribution >= 0.6 is 15.9 Å². The van der Waals surface area contributed by atoms with Crippen LogP contribution in [0.2, 0.25) is 0 Å². The molecule has 0 aliphatic carbocycles. The third kappa shape index (κ3) is 4.46. The highest BCUT2D eigenvalue weighted by Crippen LogP contribution is 2.23. The van der Waals surface area contributed by atoms with Gasteiger partial charge in [-0.2, -0.15) is 0 Å². The molecule has 0 atom stereocenters. The second kappa shape index (κ2) is 7.79. The molecule has 2 amide bonds. The van der Waals surface area contributed by atoms with Crippen LogP contribution in [0.4, 0.5) is 5.69 Å². The van der Waals surface area contributed by atoms with Crippen molar-refractivity contribution in [3.8, 4) is 11.6 Å². The van der Waals surface area contributed by atoms with Crippen molar-refractivity contribution in [2.75, 3.05) is 5.32 Å². The molecule has 0 aliphatic heterocycles. The molecule has 0 bridgehead atoms. The number of hydrogen-bond donors (Lipinski definition) is 2. The number of ether oxygens (including phenoxy) is 1. The van der Waals surface area contributed by atoms with Crippen molar-refractivity contribution in [1.29, 1.82) is 0 Å². The Hall–Kier alpha value is -3.19. The van der Waals surface area contributed by atoms with Gasteiger partial charge in [-0.05, 0) is 42.5 Å². The third-order valence-corrected chi connectivity index (χ3v) is 3.92. The van der Waals surface area contributed by atoms with Crippen LogP contribution in [0.5, 0.6) is 11.6 Å². The molecule has 7 heteroatoms. The summed E-state index contributed by atoms with van der Waals surface area (Å²) < 4.78 is 6.54. The van der Waals surface area contributed by atoms with Gasteiger partial charge in [0.1, 0.15) is 5.75 Å². The molecule has 3 aromatic rings. The van der Waals surface area contributed by atoms with Gasteiger partial charge in [-0.1, -0.05) is 28.1 Å². The van der Waals surface area contributed by atoms with Gasteiger partial charge in [-0.15, -0.1) is 0 Å². The van der Waals surface area contributed by atoms with Gasteiger partial charge in [0, 0.05) is 21.7 Å². The largest absolute Gasteiger partial charge is 0.439 e. The summed E-state index contributed by atoms with van der Waals surface area (Å²) >= 11 is 3.37. The second-order valence-corrected chi connectivity index (χ2v) is 6.26. The van der Waals surface area contributed by atoms with E-state index >= 15 is 0 Å². The smallest absolute Gasteiger partial charge is 0.255 e. The summed E-state index contributed by atoms with van der Waals surface area (Å²) in [6, 6.07) is 16.9. The summed E-state index contributed by atoms with van der Waals surface area (Å²) in [6.45, 7) is 0. The van der Waals surface area contributed by atoms with Gasteiger partial charge in [-0.3, -0.25) is 9.59 Å². The summed E-state index contributed by atoms with van der Waals surface area (Å²) in [6.07, 6.45) is 1.49. The minimum atomic E-state index is -0.588. The number of carbonyl (C=O) groups is 2. The SMILES string of the molecule is NC(=O)c1cccc(C(=O)Nc2ccc(Oc3cccc(Br)c3)nc2)c1. The van der Waals surface area contributed by atoms with E-state index in [0.717, 1.165) is 4.47 Å². The summed E-state index contributed by atoms with van der Waals surface area (Å²) in [5.41, 5.74) is 6.33. The van der Waals surface area contributed by atoms with Gasteiger partial charge in [0.15, 0.2) is 0 Å². The normalized spacial score (nSPS) is 10.2. The maximum absolute atomic E-state index is 12.3. The predicted octanol–water partition coefficient (Wildman–Crippen LogP) is 3.99. The monoisotopic (exact) mass is 411 g/mol. The Bertz CT molecular complexity index is 958. The van der Waals surface area contributed by atoms with Crippen LogP contribution in [0.15, 0.2) is 71.3 Å². The lowest BCUT2D eigenvalue weighted by Gasteiger charge is -2.08. The molecule has 0 unspecified atom stereocenters. The van der Waals surface area contributed by atoms with E-state index in [0.29, 0.717) is 22.9 Å². The Balaban J connectivity index is 1.68. The highest BCUT2D eigenvalue weighted by Gasteiger charge is 2.09. The van der Waals surface area contributed by atoms with Gasteiger partial charge in [0.05, 0.1) is 11.9 Å². The van der Waals surface area contributed by atoms with Crippen molar-refractivity contribution in [3.63, 3.8) is 0 Å². The van der Waals surface area contributed by atoms with Crippen LogP contribution in [0, 0.1) is 0 Å². The first-order chi connectivity index (χ1) is 12.5. The highest BCUT2D eigenvalue weighted by molar-refractivity contribution is 9.10. The Kier molecular flexibility index (Phi) is 5.28. The van der Waals surface area contributed by atoms with Crippen molar-refractivity contribution in [2.24, 2.45) is 5.73 Å². The number of amides is 2. The van der Waals surface area contributed by atoms with Gasteiger partial charge in [0.2, 0.25) is 11.8 Å². The number of nitrogens with zero attached hydrogens (tertiary/aromatic N) is 1. The maximum Gasteiger partial charge on any atom is 0.255 e. The van der Waals surface area contributed by atoms with Crippen LogP contribution < -0.4 is 15.8 Å². The lowest BCUT2D eigenvalue weighted by atomic mass is 10.1. The molecule has 3 N–H and O–H groups in total. The van der Waals surface area contributed by atoms with E-state index in [1.807, 2.05) is 24.3 Å². The maximum atomic E-state index is 12.3. The molecular formula is C19H14BrN3O3. The van der Waals surface area contributed by atoms with Crippen molar-refractivity contribution in [3.05, 3.63) is 82.5 Å². The van der Waals surface area contributed by atoms with E-state index in [9.17, 15) is 9.59 Å². The van der Waals surface area contributed by atoms with Gasteiger partial charge in [-0.25, -0.2) is 4.98 Å². The first kappa shape index (κ1) is 17.6. The third-order valence-electron chi connectivity index (χ3n) is 3.42. The minimum absolute atomic E-state index is 0.272. The van der Waals surface area contributed by atoms with Crippen molar-refractivity contribution < 1.29 is 14.3 Å². The number of carbonyl (C=O) groups excluding carboxylic acids is 2. The molecule has 1 aromatic heterocycles. The van der Waals surface area contributed by atoms with Crippen LogP contribution in [-0.2, 0) is 0 Å². The number of aromatic nitrogens is 1. The van der Waals surface area contributed by atoms with Gasteiger partial charge in [0.25, 0.3) is 5.91 Å². The van der Waals surface area contributed by atoms with E-state index in [-0.39, 0.29) is 11.5 Å². The minimum Gasteiger partial charge on any atom is -0.439 e. The number of halogens is 1. The Labute approximate surface area is 158 Å². The van der Waals surface area contributed by atoms with Crippen molar-refractivity contribution >= 4 is 33.4 Å². The molecule has 0 saturated heterocycles. The Morgan fingerprint density at radius 2 is 1.77 bits per heavy atom. The molecule has 0 aliphatic rings. The zero-order chi connectivity index (χ0) is 18.5. The fourth-order valence-electron chi connectivity index (χ4n) is 2.18. The Morgan fingerprint density at radius 3 is 2.46 bits per heavy atom. The number of primary amides is 1. The molecule has 2 aromatic carbocycles. The number of nitrogens with one attached hydrogen (secondary N) is 1. The van der Waals surface area contributed by atoms with E-state index in [4.69, 9.17) is 10.5 Å². The molecule has 3 rings (SSSR count). The average Bonchev–Trinajstić information content (AvgIpc) is 2.63. The van der Waals surface area contributed by atoms with Gasteiger partial charge >= 0.3 is 0 Å². The molecule has 0 fully saturated rings. The van der Waals surface area contributed by atoms with E-state index in [2.05, 4.69) is 26.2 Å². The molecule has 26 heavy (non-hydrogen) atoms. The first-order valence-electron chi connectivity index (χ1n) is 7.62. The molecular weight excluding hydrogens is 398 g/mol. The fraction of sp³-hybridized carbons (Fsp3) is 0. The molecule has 0 radical (unpaired) electrons. The number of pyridine rings is 1. The fourth-order valence-corrected chi connectivity index (χ4v) is 2.56. The predicted molar refractivity (Wildman–Crippen MR) is 101 cm³/mol. The number of nitrogens with two attached hydrogens (primary N) is 1. The zero-order valence-corrected chi connectivity index (χ0v) is 15.1. The topological polar surface area (TPSA) is 94.3 Å². The summed E-state index contributed by atoms with van der Waals surface area (Å²) in [4.78, 5) is 27.7. The quantitative estimate of drug-likeness (QED) is 0.663. The number of benzene rings is 2. The lowest BCUT2D eigenvalue weighted by molar-refractivity contribution is 0.1000. The number of hydrogen-bond acceptors (Lipinski definition) is 4. The summed E-state index contributed by atoms with van der Waals surface area (Å²) in [7, 11) is 0. The second-order valence-electron chi connectivity index (χ2n) is 5.34. The molecule has 6 nitrogen and oxygen atoms in total.